The monoisotopic (exact) mass is 337 g/mol. The summed E-state index contributed by atoms with van der Waals surface area (Å²) in [5.41, 5.74) is 13.5. The average Bonchev–Trinajstić information content (AvgIpc) is 2.37. The Morgan fingerprint density at radius 3 is 2.65 bits per heavy atom. The first-order valence-corrected chi connectivity index (χ1v) is 6.60. The zero-order valence-corrected chi connectivity index (χ0v) is 12.3. The minimum absolute atomic E-state index is 0.227. The van der Waals surface area contributed by atoms with Gasteiger partial charge in [0, 0.05) is 5.69 Å². The molecular formula is C14H13BrFN3O. The van der Waals surface area contributed by atoms with E-state index in [9.17, 15) is 9.18 Å². The molecule has 2 aromatic rings. The molecule has 2 rings (SSSR count). The van der Waals surface area contributed by atoms with Gasteiger partial charge in [-0.05, 0) is 52.7 Å². The summed E-state index contributed by atoms with van der Waals surface area (Å²) in [6.07, 6.45) is 0. The standard InChI is InChI=1S/C14H13BrFN3O/c1-7-5-9(15)10(16)6-12(7)19-11-4-2-3-8(13(11)17)14(18)20/h2-6,19H,17H2,1H3,(H2,18,20). The second-order valence-electron chi connectivity index (χ2n) is 4.34. The summed E-state index contributed by atoms with van der Waals surface area (Å²) in [6, 6.07) is 7.91. The maximum absolute atomic E-state index is 13.6. The van der Waals surface area contributed by atoms with Gasteiger partial charge in [-0.2, -0.15) is 0 Å². The molecule has 0 spiro atoms. The molecule has 0 unspecified atom stereocenters. The topological polar surface area (TPSA) is 81.1 Å². The van der Waals surface area contributed by atoms with Crippen LogP contribution in [0.3, 0.4) is 0 Å². The minimum Gasteiger partial charge on any atom is -0.396 e. The number of rotatable bonds is 3. The van der Waals surface area contributed by atoms with Crippen molar-refractivity contribution < 1.29 is 9.18 Å². The fraction of sp³-hybridized carbons (Fsp3) is 0.0714. The molecule has 6 heteroatoms. The molecule has 0 aromatic heterocycles. The normalized spacial score (nSPS) is 10.3. The summed E-state index contributed by atoms with van der Waals surface area (Å²) >= 11 is 3.12. The second kappa shape index (κ2) is 5.50. The van der Waals surface area contributed by atoms with Crippen LogP contribution in [0.5, 0.6) is 0 Å². The Balaban J connectivity index is 2.43. The molecule has 5 N–H and O–H groups in total. The molecule has 0 aliphatic carbocycles. The fourth-order valence-corrected chi connectivity index (χ4v) is 2.27. The lowest BCUT2D eigenvalue weighted by molar-refractivity contribution is 0.100. The number of nitrogens with two attached hydrogens (primary N) is 2. The van der Waals surface area contributed by atoms with Gasteiger partial charge >= 0.3 is 0 Å². The van der Waals surface area contributed by atoms with E-state index in [1.807, 2.05) is 6.92 Å². The van der Waals surface area contributed by atoms with E-state index in [1.54, 1.807) is 18.2 Å². The Bertz CT molecular complexity index is 688. The molecule has 0 fully saturated rings. The summed E-state index contributed by atoms with van der Waals surface area (Å²) in [4.78, 5) is 11.2. The second-order valence-corrected chi connectivity index (χ2v) is 5.19. The molecule has 0 saturated heterocycles. The van der Waals surface area contributed by atoms with Crippen LogP contribution in [0.25, 0.3) is 0 Å². The predicted octanol–water partition coefficient (Wildman–Crippen LogP) is 3.32. The number of anilines is 3. The number of primary amides is 1. The highest BCUT2D eigenvalue weighted by Gasteiger charge is 2.11. The van der Waals surface area contributed by atoms with Gasteiger partial charge in [0.25, 0.3) is 5.91 Å². The van der Waals surface area contributed by atoms with Crippen LogP contribution in [0.2, 0.25) is 0 Å². The third kappa shape index (κ3) is 2.75. The molecule has 0 saturated carbocycles. The maximum atomic E-state index is 13.6. The molecule has 0 aliphatic heterocycles. The lowest BCUT2D eigenvalue weighted by Crippen LogP contribution is -2.14. The summed E-state index contributed by atoms with van der Waals surface area (Å²) < 4.78 is 14.0. The molecule has 0 aliphatic rings. The molecule has 0 radical (unpaired) electrons. The molecule has 4 nitrogen and oxygen atoms in total. The zero-order valence-electron chi connectivity index (χ0n) is 10.7. The number of hydrogen-bond acceptors (Lipinski definition) is 3. The van der Waals surface area contributed by atoms with Gasteiger partial charge in [0.1, 0.15) is 5.82 Å². The highest BCUT2D eigenvalue weighted by Crippen LogP contribution is 2.30. The van der Waals surface area contributed by atoms with E-state index < -0.39 is 5.91 Å². The Labute approximate surface area is 124 Å². The number of para-hydroxylation sites is 1. The van der Waals surface area contributed by atoms with Gasteiger partial charge in [-0.25, -0.2) is 4.39 Å². The molecule has 104 valence electrons. The smallest absolute Gasteiger partial charge is 0.250 e. The zero-order chi connectivity index (χ0) is 14.9. The first-order valence-electron chi connectivity index (χ1n) is 5.81. The van der Waals surface area contributed by atoms with Crippen molar-refractivity contribution >= 4 is 38.9 Å². The summed E-state index contributed by atoms with van der Waals surface area (Å²) in [5, 5.41) is 3.01. The van der Waals surface area contributed by atoms with Gasteiger partial charge < -0.3 is 16.8 Å². The van der Waals surface area contributed by atoms with E-state index >= 15 is 0 Å². The van der Waals surface area contributed by atoms with E-state index in [0.717, 1.165) is 5.56 Å². The number of carbonyl (C=O) groups is 1. The van der Waals surface area contributed by atoms with E-state index in [-0.39, 0.29) is 17.1 Å². The van der Waals surface area contributed by atoms with E-state index in [4.69, 9.17) is 11.5 Å². The van der Waals surface area contributed by atoms with Crippen molar-refractivity contribution in [2.24, 2.45) is 5.73 Å². The number of amides is 1. The SMILES string of the molecule is Cc1cc(Br)c(F)cc1Nc1cccc(C(N)=O)c1N. The minimum atomic E-state index is -0.607. The Hall–Kier alpha value is -2.08. The fourth-order valence-electron chi connectivity index (χ4n) is 1.82. The van der Waals surface area contributed by atoms with Crippen LogP contribution in [-0.4, -0.2) is 5.91 Å². The van der Waals surface area contributed by atoms with Crippen LogP contribution in [0.4, 0.5) is 21.5 Å². The Kier molecular flexibility index (Phi) is 3.94. The van der Waals surface area contributed by atoms with Crippen molar-refractivity contribution in [3.63, 3.8) is 0 Å². The number of aryl methyl sites for hydroxylation is 1. The quantitative estimate of drug-likeness (QED) is 0.751. The van der Waals surface area contributed by atoms with Gasteiger partial charge in [0.15, 0.2) is 0 Å². The highest BCUT2D eigenvalue weighted by atomic mass is 79.9. The van der Waals surface area contributed by atoms with Crippen molar-refractivity contribution in [2.45, 2.75) is 6.92 Å². The molecule has 0 atom stereocenters. The van der Waals surface area contributed by atoms with Crippen LogP contribution in [-0.2, 0) is 0 Å². The van der Waals surface area contributed by atoms with Gasteiger partial charge in [0.2, 0.25) is 0 Å². The Morgan fingerprint density at radius 1 is 1.30 bits per heavy atom. The number of carbonyl (C=O) groups excluding carboxylic acids is 1. The first kappa shape index (κ1) is 14.3. The number of nitrogen functional groups attached to an aromatic ring is 1. The van der Waals surface area contributed by atoms with E-state index in [2.05, 4.69) is 21.2 Å². The molecule has 1 amide bonds. The average molecular weight is 338 g/mol. The number of halogens is 2. The Morgan fingerprint density at radius 2 is 2.00 bits per heavy atom. The number of benzene rings is 2. The molecule has 0 heterocycles. The lowest BCUT2D eigenvalue weighted by atomic mass is 10.1. The van der Waals surface area contributed by atoms with Crippen molar-refractivity contribution in [1.82, 2.24) is 0 Å². The van der Waals surface area contributed by atoms with Crippen LogP contribution in [0.15, 0.2) is 34.8 Å². The molecule has 0 bridgehead atoms. The predicted molar refractivity (Wildman–Crippen MR) is 81.5 cm³/mol. The third-order valence-electron chi connectivity index (χ3n) is 2.91. The van der Waals surface area contributed by atoms with E-state index in [1.165, 1.54) is 12.1 Å². The molecule has 2 aromatic carbocycles. The van der Waals surface area contributed by atoms with Gasteiger partial charge in [-0.3, -0.25) is 4.79 Å². The van der Waals surface area contributed by atoms with Crippen LogP contribution < -0.4 is 16.8 Å². The van der Waals surface area contributed by atoms with Crippen LogP contribution in [0.1, 0.15) is 15.9 Å². The van der Waals surface area contributed by atoms with Crippen LogP contribution in [0, 0.1) is 12.7 Å². The van der Waals surface area contributed by atoms with E-state index in [0.29, 0.717) is 15.8 Å². The first-order chi connectivity index (χ1) is 9.40. The van der Waals surface area contributed by atoms with Crippen molar-refractivity contribution in [3.05, 3.63) is 51.7 Å². The summed E-state index contributed by atoms with van der Waals surface area (Å²) in [5.74, 6) is -0.993. The van der Waals surface area contributed by atoms with Gasteiger partial charge in [0.05, 0.1) is 21.4 Å². The largest absolute Gasteiger partial charge is 0.396 e. The molecule has 20 heavy (non-hydrogen) atoms. The van der Waals surface area contributed by atoms with Gasteiger partial charge in [-0.15, -0.1) is 0 Å². The third-order valence-corrected chi connectivity index (χ3v) is 3.52. The van der Waals surface area contributed by atoms with Gasteiger partial charge in [-0.1, -0.05) is 6.07 Å². The van der Waals surface area contributed by atoms with Crippen LogP contribution >= 0.6 is 15.9 Å². The lowest BCUT2D eigenvalue weighted by Gasteiger charge is -2.14. The van der Waals surface area contributed by atoms with Crippen molar-refractivity contribution in [1.29, 1.82) is 0 Å². The summed E-state index contributed by atoms with van der Waals surface area (Å²) in [6.45, 7) is 1.83. The number of hydrogen-bond donors (Lipinski definition) is 3. The number of nitrogens with one attached hydrogen (secondary N) is 1. The summed E-state index contributed by atoms with van der Waals surface area (Å²) in [7, 11) is 0. The van der Waals surface area contributed by atoms with Crippen molar-refractivity contribution in [3.8, 4) is 0 Å². The maximum Gasteiger partial charge on any atom is 0.250 e. The molecular weight excluding hydrogens is 325 g/mol. The highest BCUT2D eigenvalue weighted by molar-refractivity contribution is 9.10. The van der Waals surface area contributed by atoms with Crippen molar-refractivity contribution in [2.75, 3.05) is 11.1 Å².